The van der Waals surface area contributed by atoms with Crippen LogP contribution in [0.2, 0.25) is 0 Å². The smallest absolute Gasteiger partial charge is 0.255 e. The summed E-state index contributed by atoms with van der Waals surface area (Å²) in [6, 6.07) is 5.71. The first kappa shape index (κ1) is 25.4. The fourth-order valence-corrected chi connectivity index (χ4v) is 6.24. The molecule has 1 amide bonds. The Balaban J connectivity index is 1.71. The second-order valence-electron chi connectivity index (χ2n) is 9.97. The monoisotopic (exact) mass is 520 g/mol. The number of methoxy groups -OCH3 is 1. The van der Waals surface area contributed by atoms with Gasteiger partial charge in [0.1, 0.15) is 22.8 Å². The number of carbonyl (C=O) groups is 3. The number of likely N-dealkylation sites (N-methyl/N-ethyl adjacent to an activating group) is 1. The molecule has 38 heavy (non-hydrogen) atoms. The van der Waals surface area contributed by atoms with Gasteiger partial charge in [-0.2, -0.15) is 5.10 Å². The number of carbonyl (C=O) groups excluding carboxylic acids is 3. The number of benzene rings is 1. The lowest BCUT2D eigenvalue weighted by Gasteiger charge is -2.51. The summed E-state index contributed by atoms with van der Waals surface area (Å²) in [6.45, 7) is 0. The van der Waals surface area contributed by atoms with Crippen molar-refractivity contribution in [3.05, 3.63) is 70.3 Å². The van der Waals surface area contributed by atoms with E-state index in [0.29, 0.717) is 11.1 Å². The third-order valence-electron chi connectivity index (χ3n) is 7.85. The van der Waals surface area contributed by atoms with E-state index in [1.165, 1.54) is 13.2 Å². The summed E-state index contributed by atoms with van der Waals surface area (Å²) in [4.78, 5) is 41.3. The highest BCUT2D eigenvalue weighted by Gasteiger charge is 2.65. The molecule has 0 bridgehead atoms. The summed E-state index contributed by atoms with van der Waals surface area (Å²) >= 11 is 0. The lowest BCUT2D eigenvalue weighted by Crippen LogP contribution is -2.66. The van der Waals surface area contributed by atoms with Crippen LogP contribution in [0.4, 0.5) is 0 Å². The van der Waals surface area contributed by atoms with Crippen LogP contribution in [-0.2, 0) is 25.5 Å². The first-order valence-electron chi connectivity index (χ1n) is 12.0. The molecule has 3 aliphatic carbocycles. The highest BCUT2D eigenvalue weighted by Crippen LogP contribution is 2.54. The Bertz CT molecular complexity index is 1450. The SMILES string of the molecule is CO[C@]12C(=O)C3=C(O)c4c(O)ccc(/C=N/n5cccc5)c4C[C@H]3C[C@H]1[C@H](N(C)C)C(=O)C(C(N)=O)=C2O. The predicted molar refractivity (Wildman–Crippen MR) is 136 cm³/mol. The maximum absolute atomic E-state index is 14.2. The van der Waals surface area contributed by atoms with Gasteiger partial charge in [0.05, 0.1) is 17.8 Å². The number of aliphatic hydroxyl groups excluding tert-OH is 2. The summed E-state index contributed by atoms with van der Waals surface area (Å²) in [5.41, 5.74) is 3.89. The van der Waals surface area contributed by atoms with Crippen molar-refractivity contribution in [2.24, 2.45) is 22.7 Å². The molecule has 0 spiro atoms. The van der Waals surface area contributed by atoms with Crippen molar-refractivity contribution in [1.82, 2.24) is 9.58 Å². The van der Waals surface area contributed by atoms with Crippen LogP contribution in [0.3, 0.4) is 0 Å². The number of primary amides is 1. The van der Waals surface area contributed by atoms with E-state index in [-0.39, 0.29) is 29.7 Å². The fraction of sp³-hybridized carbons (Fsp3) is 0.333. The van der Waals surface area contributed by atoms with E-state index in [1.807, 2.05) is 12.1 Å². The lowest BCUT2D eigenvalue weighted by atomic mass is 9.57. The van der Waals surface area contributed by atoms with Crippen molar-refractivity contribution in [2.45, 2.75) is 24.5 Å². The highest BCUT2D eigenvalue weighted by molar-refractivity contribution is 6.24. The van der Waals surface area contributed by atoms with E-state index in [4.69, 9.17) is 10.5 Å². The zero-order valence-electron chi connectivity index (χ0n) is 21.1. The maximum atomic E-state index is 14.2. The molecule has 0 aliphatic heterocycles. The Morgan fingerprint density at radius 1 is 1.21 bits per heavy atom. The van der Waals surface area contributed by atoms with Crippen LogP contribution in [0.1, 0.15) is 23.1 Å². The number of fused-ring (bicyclic) bond motifs is 3. The van der Waals surface area contributed by atoms with E-state index in [9.17, 15) is 29.7 Å². The van der Waals surface area contributed by atoms with Crippen LogP contribution in [0, 0.1) is 11.8 Å². The van der Waals surface area contributed by atoms with Gasteiger partial charge in [0.25, 0.3) is 5.91 Å². The molecular weight excluding hydrogens is 492 g/mol. The third-order valence-corrected chi connectivity index (χ3v) is 7.85. The van der Waals surface area contributed by atoms with Crippen LogP contribution in [-0.4, -0.2) is 81.4 Å². The van der Waals surface area contributed by atoms with Crippen LogP contribution in [0.15, 0.2) is 58.7 Å². The van der Waals surface area contributed by atoms with Gasteiger partial charge in [-0.1, -0.05) is 0 Å². The normalized spacial score (nSPS) is 27.1. The lowest BCUT2D eigenvalue weighted by molar-refractivity contribution is -0.159. The number of aromatic hydroxyl groups is 1. The number of Topliss-reactive ketones (excluding diaryl/α,β-unsaturated/α-hetero) is 2. The molecule has 5 rings (SSSR count). The van der Waals surface area contributed by atoms with Crippen molar-refractivity contribution in [1.29, 1.82) is 0 Å². The Labute approximate surface area is 218 Å². The van der Waals surface area contributed by atoms with Gasteiger partial charge in [-0.15, -0.1) is 0 Å². The molecule has 11 heteroatoms. The summed E-state index contributed by atoms with van der Waals surface area (Å²) < 4.78 is 7.26. The Morgan fingerprint density at radius 3 is 2.50 bits per heavy atom. The molecule has 0 unspecified atom stereocenters. The standard InChI is InChI=1S/C27H28N4O7/c1-30(2)21-16-11-14-10-15-13(12-29-31-8-4-5-9-31)6-7-17(32)19(15)22(33)18(14)24(35)27(16,38-3)25(36)20(23(21)34)26(28)37/h4-9,12,14,16,21,32-33,36H,10-11H2,1-3H3,(H2,28,37)/b29-12+/t14-,16-,21-,27-/m0/s1. The number of rotatable bonds is 5. The number of nitrogens with zero attached hydrogens (tertiary/aromatic N) is 3. The number of amides is 1. The number of nitrogens with two attached hydrogens (primary N) is 1. The zero-order valence-corrected chi connectivity index (χ0v) is 21.1. The summed E-state index contributed by atoms with van der Waals surface area (Å²) in [7, 11) is 4.45. The second-order valence-corrected chi connectivity index (χ2v) is 9.97. The molecule has 4 atom stereocenters. The summed E-state index contributed by atoms with van der Waals surface area (Å²) in [5.74, 6) is -5.65. The van der Waals surface area contributed by atoms with E-state index < -0.39 is 58.0 Å². The van der Waals surface area contributed by atoms with Crippen molar-refractivity contribution < 1.29 is 34.4 Å². The number of aromatic nitrogens is 1. The summed E-state index contributed by atoms with van der Waals surface area (Å²) in [6.07, 6.45) is 5.52. The molecule has 5 N–H and O–H groups in total. The highest BCUT2D eigenvalue weighted by atomic mass is 16.5. The number of phenols is 1. The van der Waals surface area contributed by atoms with Gasteiger partial charge < -0.3 is 25.8 Å². The average Bonchev–Trinajstić information content (AvgIpc) is 3.37. The molecule has 11 nitrogen and oxygen atoms in total. The predicted octanol–water partition coefficient (Wildman–Crippen LogP) is 1.30. The van der Waals surface area contributed by atoms with Crippen molar-refractivity contribution in [2.75, 3.05) is 21.2 Å². The van der Waals surface area contributed by atoms with Gasteiger partial charge in [-0.25, -0.2) is 4.68 Å². The second kappa shape index (κ2) is 8.96. The molecule has 0 radical (unpaired) electrons. The largest absolute Gasteiger partial charge is 0.508 e. The molecule has 0 saturated heterocycles. The Kier molecular flexibility index (Phi) is 6.00. The molecule has 1 heterocycles. The van der Waals surface area contributed by atoms with Gasteiger partial charge in [0.15, 0.2) is 11.4 Å². The summed E-state index contributed by atoms with van der Waals surface area (Å²) in [5, 5.41) is 37.6. The molecule has 3 aliphatic rings. The maximum Gasteiger partial charge on any atom is 0.255 e. The minimum Gasteiger partial charge on any atom is -0.508 e. The van der Waals surface area contributed by atoms with Crippen molar-refractivity contribution in [3.63, 3.8) is 0 Å². The minimum absolute atomic E-state index is 0.0485. The fourth-order valence-electron chi connectivity index (χ4n) is 6.24. The van der Waals surface area contributed by atoms with Gasteiger partial charge in [0.2, 0.25) is 5.78 Å². The van der Waals surface area contributed by atoms with Crippen LogP contribution >= 0.6 is 0 Å². The molecule has 1 aromatic heterocycles. The molecule has 1 aromatic carbocycles. The number of hydrogen-bond acceptors (Lipinski definition) is 9. The van der Waals surface area contributed by atoms with E-state index in [2.05, 4.69) is 5.10 Å². The quantitative estimate of drug-likeness (QED) is 0.338. The van der Waals surface area contributed by atoms with Crippen LogP contribution in [0.25, 0.3) is 5.76 Å². The number of aliphatic hydroxyl groups is 2. The molecular formula is C27H28N4O7. The Hall–Kier alpha value is -4.22. The minimum atomic E-state index is -2.12. The van der Waals surface area contributed by atoms with E-state index >= 15 is 0 Å². The molecule has 198 valence electrons. The number of ketones is 2. The molecule has 1 fully saturated rings. The Morgan fingerprint density at radius 2 is 1.89 bits per heavy atom. The van der Waals surface area contributed by atoms with Gasteiger partial charge in [-0.05, 0) is 68.2 Å². The van der Waals surface area contributed by atoms with Crippen molar-refractivity contribution in [3.8, 4) is 5.75 Å². The molecule has 2 aromatic rings. The number of hydrogen-bond donors (Lipinski definition) is 4. The third kappa shape index (κ3) is 3.42. The topological polar surface area (TPSA) is 168 Å². The first-order chi connectivity index (χ1) is 18.0. The molecule has 1 saturated carbocycles. The average molecular weight is 521 g/mol. The van der Waals surface area contributed by atoms with Crippen LogP contribution in [0.5, 0.6) is 5.75 Å². The van der Waals surface area contributed by atoms with Crippen LogP contribution < -0.4 is 5.73 Å². The van der Waals surface area contributed by atoms with E-state index in [0.717, 1.165) is 0 Å². The van der Waals surface area contributed by atoms with Crippen molar-refractivity contribution >= 4 is 29.4 Å². The van der Waals surface area contributed by atoms with Gasteiger partial charge in [-0.3, -0.25) is 19.3 Å². The number of ether oxygens (including phenoxy) is 1. The zero-order chi connectivity index (χ0) is 27.5. The van der Waals surface area contributed by atoms with Gasteiger partial charge >= 0.3 is 0 Å². The number of phenolic OH excluding ortho intramolecular Hbond substituents is 1. The van der Waals surface area contributed by atoms with Gasteiger partial charge in [0, 0.05) is 31.0 Å². The first-order valence-corrected chi connectivity index (χ1v) is 12.0. The van der Waals surface area contributed by atoms with E-state index in [1.54, 1.807) is 48.3 Å².